The van der Waals surface area contributed by atoms with Crippen molar-refractivity contribution >= 4 is 35.1 Å². The number of hydrogen-bond donors (Lipinski definition) is 0. The van der Waals surface area contributed by atoms with Gasteiger partial charge < -0.3 is 19.8 Å². The zero-order valence-corrected chi connectivity index (χ0v) is 9.42. The van der Waals surface area contributed by atoms with Gasteiger partial charge in [-0.15, -0.1) is 0 Å². The van der Waals surface area contributed by atoms with Crippen molar-refractivity contribution < 1.29 is 19.8 Å². The molecule has 0 aliphatic carbocycles. The second kappa shape index (κ2) is 5.18. The zero-order chi connectivity index (χ0) is 12.3. The predicted molar refractivity (Wildman–Crippen MR) is 53.8 cm³/mol. The molecule has 0 radical (unpaired) electrons. The maximum atomic E-state index is 10.8. The molecule has 0 aromatic heterocycles. The van der Waals surface area contributed by atoms with Crippen molar-refractivity contribution in [3.63, 3.8) is 0 Å². The molecule has 4 nitrogen and oxygen atoms in total. The number of rotatable bonds is 4. The first-order valence-electron chi connectivity index (χ1n) is 4.27. The van der Waals surface area contributed by atoms with Crippen molar-refractivity contribution in [1.29, 1.82) is 0 Å². The first-order chi connectivity index (χ1) is 7.41. The molecule has 0 heterocycles. The number of carboxylic acids is 2. The Hall–Kier alpha value is -1.26. The zero-order valence-electron chi connectivity index (χ0n) is 7.91. The maximum Gasteiger partial charge on any atom is 0.0493 e. The molecule has 86 valence electrons. The van der Waals surface area contributed by atoms with Crippen LogP contribution in [0.4, 0.5) is 0 Å². The molecule has 0 amide bonds. The number of hydrogen-bond acceptors (Lipinski definition) is 4. The summed E-state index contributed by atoms with van der Waals surface area (Å²) >= 11 is 11.4. The number of halogens is 2. The van der Waals surface area contributed by atoms with Crippen molar-refractivity contribution in [1.82, 2.24) is 0 Å². The van der Waals surface area contributed by atoms with Gasteiger partial charge in [0.05, 0.1) is 0 Å². The topological polar surface area (TPSA) is 80.3 Å². The number of carboxylic acid groups (broad SMARTS) is 2. The van der Waals surface area contributed by atoms with Crippen LogP contribution in [0.25, 0.3) is 0 Å². The highest BCUT2D eigenvalue weighted by Gasteiger charge is 2.16. The van der Waals surface area contributed by atoms with Crippen LogP contribution in [-0.2, 0) is 9.59 Å². The average Bonchev–Trinajstić information content (AvgIpc) is 2.14. The van der Waals surface area contributed by atoms with E-state index in [1.54, 1.807) is 0 Å². The summed E-state index contributed by atoms with van der Waals surface area (Å²) in [6, 6.07) is 4.12. The van der Waals surface area contributed by atoms with Gasteiger partial charge in [0.15, 0.2) is 0 Å². The molecular formula is C10H6Cl2O4-2. The van der Waals surface area contributed by atoms with Crippen LogP contribution in [0, 0.1) is 0 Å². The summed E-state index contributed by atoms with van der Waals surface area (Å²) in [6.45, 7) is 0. The lowest BCUT2D eigenvalue weighted by Crippen LogP contribution is -2.35. The minimum absolute atomic E-state index is 0.0861. The Bertz CT molecular complexity index is 431. The lowest BCUT2D eigenvalue weighted by atomic mass is 9.96. The summed E-state index contributed by atoms with van der Waals surface area (Å²) in [7, 11) is 0. The number of benzene rings is 1. The smallest absolute Gasteiger partial charge is 0.0493 e. The molecule has 0 spiro atoms. The van der Waals surface area contributed by atoms with Gasteiger partial charge in [-0.25, -0.2) is 0 Å². The summed E-state index contributed by atoms with van der Waals surface area (Å²) in [5.41, 5.74) is 0.148. The summed E-state index contributed by atoms with van der Waals surface area (Å²) in [6.07, 6.45) is -0.691. The van der Waals surface area contributed by atoms with Gasteiger partial charge in [-0.3, -0.25) is 0 Å². The highest BCUT2D eigenvalue weighted by molar-refractivity contribution is 6.35. The van der Waals surface area contributed by atoms with Crippen LogP contribution < -0.4 is 10.2 Å². The van der Waals surface area contributed by atoms with E-state index in [0.29, 0.717) is 5.02 Å². The van der Waals surface area contributed by atoms with E-state index in [-0.39, 0.29) is 10.6 Å². The summed E-state index contributed by atoms with van der Waals surface area (Å²) in [5, 5.41) is 21.6. The van der Waals surface area contributed by atoms with E-state index in [1.165, 1.54) is 18.2 Å². The average molecular weight is 261 g/mol. The Morgan fingerprint density at radius 1 is 1.25 bits per heavy atom. The monoisotopic (exact) mass is 260 g/mol. The van der Waals surface area contributed by atoms with Crippen LogP contribution >= 0.6 is 23.2 Å². The first kappa shape index (κ1) is 12.8. The molecule has 0 bridgehead atoms. The molecule has 0 saturated carbocycles. The molecule has 0 N–H and O–H groups in total. The third kappa shape index (κ3) is 3.12. The Labute approximate surface area is 101 Å². The van der Waals surface area contributed by atoms with Gasteiger partial charge in [-0.05, 0) is 24.1 Å². The Kier molecular flexibility index (Phi) is 4.15. The second-order valence-corrected chi connectivity index (χ2v) is 3.96. The summed E-state index contributed by atoms with van der Waals surface area (Å²) < 4.78 is 0. The van der Waals surface area contributed by atoms with Gasteiger partial charge in [0.25, 0.3) is 0 Å². The van der Waals surface area contributed by atoms with E-state index in [2.05, 4.69) is 0 Å². The van der Waals surface area contributed by atoms with E-state index in [9.17, 15) is 19.8 Å². The molecule has 16 heavy (non-hydrogen) atoms. The molecule has 1 aromatic carbocycles. The molecule has 0 aliphatic rings. The van der Waals surface area contributed by atoms with Crippen molar-refractivity contribution in [2.75, 3.05) is 0 Å². The Balaban J connectivity index is 3.10. The van der Waals surface area contributed by atoms with Crippen LogP contribution in [0.3, 0.4) is 0 Å². The van der Waals surface area contributed by atoms with Crippen LogP contribution in [0.1, 0.15) is 17.9 Å². The van der Waals surface area contributed by atoms with Crippen LogP contribution in [0.2, 0.25) is 10.0 Å². The second-order valence-electron chi connectivity index (χ2n) is 3.11. The molecule has 0 saturated heterocycles. The van der Waals surface area contributed by atoms with E-state index in [1.807, 2.05) is 0 Å². The lowest BCUT2D eigenvalue weighted by Gasteiger charge is -2.20. The quantitative estimate of drug-likeness (QED) is 0.762. The van der Waals surface area contributed by atoms with E-state index in [4.69, 9.17) is 23.2 Å². The summed E-state index contributed by atoms with van der Waals surface area (Å²) in [5.74, 6) is -4.34. The maximum absolute atomic E-state index is 10.8. The van der Waals surface area contributed by atoms with Crippen LogP contribution in [0.5, 0.6) is 0 Å². The lowest BCUT2D eigenvalue weighted by molar-refractivity contribution is -0.317. The van der Waals surface area contributed by atoms with Crippen LogP contribution in [0.15, 0.2) is 18.2 Å². The van der Waals surface area contributed by atoms with E-state index >= 15 is 0 Å². The van der Waals surface area contributed by atoms with Crippen molar-refractivity contribution in [3.8, 4) is 0 Å². The molecule has 1 atom stereocenters. The fraction of sp³-hybridized carbons (Fsp3) is 0.200. The van der Waals surface area contributed by atoms with Gasteiger partial charge in [-0.2, -0.15) is 0 Å². The molecule has 6 heteroatoms. The molecule has 0 fully saturated rings. The van der Waals surface area contributed by atoms with Gasteiger partial charge in [0.1, 0.15) is 0 Å². The number of aliphatic carboxylic acids is 2. The first-order valence-corrected chi connectivity index (χ1v) is 5.03. The largest absolute Gasteiger partial charge is 0.550 e. The standard InChI is InChI=1S/C10H8Cl2O4/c11-5-1-2-6(8(12)3-5)7(10(15)16)4-9(13)14/h1-3,7H,4H2,(H,13,14)(H,15,16)/p-2. The molecule has 1 rings (SSSR count). The van der Waals surface area contributed by atoms with E-state index in [0.717, 1.165) is 0 Å². The number of carbonyl (C=O) groups is 2. The highest BCUT2D eigenvalue weighted by atomic mass is 35.5. The molecule has 0 aliphatic heterocycles. The van der Waals surface area contributed by atoms with Crippen molar-refractivity contribution in [3.05, 3.63) is 33.8 Å². The fourth-order valence-corrected chi connectivity index (χ4v) is 1.81. The predicted octanol–water partition coefficient (Wildman–Crippen LogP) is -0.0331. The fourth-order valence-electron chi connectivity index (χ4n) is 1.27. The van der Waals surface area contributed by atoms with Crippen molar-refractivity contribution in [2.24, 2.45) is 0 Å². The highest BCUT2D eigenvalue weighted by Crippen LogP contribution is 2.29. The van der Waals surface area contributed by atoms with Gasteiger partial charge >= 0.3 is 0 Å². The molecule has 1 unspecified atom stereocenters. The van der Waals surface area contributed by atoms with E-state index < -0.39 is 24.3 Å². The third-order valence-corrected chi connectivity index (χ3v) is 2.56. The number of carbonyl (C=O) groups excluding carboxylic acids is 2. The third-order valence-electron chi connectivity index (χ3n) is 1.99. The SMILES string of the molecule is O=C([O-])CC(C(=O)[O-])c1ccc(Cl)cc1Cl. The summed E-state index contributed by atoms with van der Waals surface area (Å²) in [4.78, 5) is 21.2. The Morgan fingerprint density at radius 3 is 2.31 bits per heavy atom. The van der Waals surface area contributed by atoms with Gasteiger partial charge in [0, 0.05) is 27.9 Å². The molecular weight excluding hydrogens is 255 g/mol. The normalized spacial score (nSPS) is 12.1. The van der Waals surface area contributed by atoms with Gasteiger partial charge in [0.2, 0.25) is 0 Å². The van der Waals surface area contributed by atoms with Crippen LogP contribution in [-0.4, -0.2) is 11.9 Å². The van der Waals surface area contributed by atoms with Crippen molar-refractivity contribution in [2.45, 2.75) is 12.3 Å². The minimum Gasteiger partial charge on any atom is -0.550 e. The van der Waals surface area contributed by atoms with Gasteiger partial charge in [-0.1, -0.05) is 29.3 Å². The Morgan fingerprint density at radius 2 is 1.88 bits per heavy atom. The minimum atomic E-state index is -1.52. The molecule has 1 aromatic rings.